The van der Waals surface area contributed by atoms with Crippen molar-refractivity contribution in [3.63, 3.8) is 0 Å². The minimum absolute atomic E-state index is 0.0506. The number of carbonyl (C=O) groups is 2. The van der Waals surface area contributed by atoms with Crippen LogP contribution >= 0.6 is 0 Å². The Hall–Kier alpha value is -2.09. The number of hydrogen-bond donors (Lipinski definition) is 1. The van der Waals surface area contributed by atoms with E-state index in [4.69, 9.17) is 0 Å². The van der Waals surface area contributed by atoms with Crippen LogP contribution in [-0.2, 0) is 15.8 Å². The van der Waals surface area contributed by atoms with Crippen molar-refractivity contribution in [3.05, 3.63) is 29.8 Å². The van der Waals surface area contributed by atoms with Crippen LogP contribution < -0.4 is 5.32 Å². The third-order valence-corrected chi connectivity index (χ3v) is 3.75. The van der Waals surface area contributed by atoms with E-state index in [9.17, 15) is 22.8 Å². The molecule has 8 heteroatoms. The van der Waals surface area contributed by atoms with E-state index in [1.165, 1.54) is 17.0 Å². The maximum atomic E-state index is 12.6. The Balaban J connectivity index is 1.98. The summed E-state index contributed by atoms with van der Waals surface area (Å²) in [5.41, 5.74) is -0.926. The van der Waals surface area contributed by atoms with E-state index >= 15 is 0 Å². The highest BCUT2D eigenvalue weighted by molar-refractivity contribution is 6.39. The van der Waals surface area contributed by atoms with Crippen molar-refractivity contribution in [2.75, 3.05) is 38.0 Å². The molecule has 1 aromatic rings. The van der Waals surface area contributed by atoms with E-state index in [0.29, 0.717) is 26.2 Å². The van der Waals surface area contributed by atoms with E-state index < -0.39 is 23.6 Å². The molecule has 1 aliphatic heterocycles. The first-order valence-electron chi connectivity index (χ1n) is 7.31. The standard InChI is InChI=1S/C15H18F3N3O2/c1-2-20-6-8-21(9-7-20)14(23)13(22)19-12-5-3-4-11(10-12)15(16,17)18/h3-5,10H,2,6-9H2,1H3,(H,19,22). The van der Waals surface area contributed by atoms with Crippen molar-refractivity contribution < 1.29 is 22.8 Å². The molecule has 1 N–H and O–H groups in total. The third-order valence-electron chi connectivity index (χ3n) is 3.75. The summed E-state index contributed by atoms with van der Waals surface area (Å²) in [5.74, 6) is -1.65. The lowest BCUT2D eigenvalue weighted by molar-refractivity contribution is -0.144. The largest absolute Gasteiger partial charge is 0.416 e. The predicted molar refractivity (Wildman–Crippen MR) is 78.8 cm³/mol. The van der Waals surface area contributed by atoms with Crippen LogP contribution in [-0.4, -0.2) is 54.3 Å². The lowest BCUT2D eigenvalue weighted by Gasteiger charge is -2.33. The quantitative estimate of drug-likeness (QED) is 0.842. The molecule has 23 heavy (non-hydrogen) atoms. The number of hydrogen-bond acceptors (Lipinski definition) is 3. The summed E-state index contributed by atoms with van der Waals surface area (Å²) >= 11 is 0. The number of anilines is 1. The molecule has 0 bridgehead atoms. The van der Waals surface area contributed by atoms with Crippen molar-refractivity contribution in [3.8, 4) is 0 Å². The van der Waals surface area contributed by atoms with Crippen molar-refractivity contribution in [2.45, 2.75) is 13.1 Å². The Labute approximate surface area is 132 Å². The molecule has 5 nitrogen and oxygen atoms in total. The number of nitrogens with zero attached hydrogens (tertiary/aromatic N) is 2. The fourth-order valence-electron chi connectivity index (χ4n) is 2.37. The second-order valence-corrected chi connectivity index (χ2v) is 5.26. The van der Waals surface area contributed by atoms with Crippen LogP contribution in [0, 0.1) is 0 Å². The fourth-order valence-corrected chi connectivity index (χ4v) is 2.37. The summed E-state index contributed by atoms with van der Waals surface area (Å²) in [7, 11) is 0. The zero-order chi connectivity index (χ0) is 17.0. The fraction of sp³-hybridized carbons (Fsp3) is 0.467. The van der Waals surface area contributed by atoms with Crippen LogP contribution in [0.4, 0.5) is 18.9 Å². The Bertz CT molecular complexity index is 582. The molecule has 1 heterocycles. The van der Waals surface area contributed by atoms with Gasteiger partial charge in [0, 0.05) is 31.9 Å². The van der Waals surface area contributed by atoms with Gasteiger partial charge >= 0.3 is 18.0 Å². The van der Waals surface area contributed by atoms with E-state index in [1.54, 1.807) is 0 Å². The van der Waals surface area contributed by atoms with E-state index in [0.717, 1.165) is 18.7 Å². The molecular weight excluding hydrogens is 311 g/mol. The smallest absolute Gasteiger partial charge is 0.332 e. The van der Waals surface area contributed by atoms with Crippen molar-refractivity contribution >= 4 is 17.5 Å². The van der Waals surface area contributed by atoms with Crippen LogP contribution in [0.15, 0.2) is 24.3 Å². The normalized spacial score (nSPS) is 16.3. The van der Waals surface area contributed by atoms with Crippen LogP contribution in [0.25, 0.3) is 0 Å². The highest BCUT2D eigenvalue weighted by Gasteiger charge is 2.31. The minimum atomic E-state index is -4.50. The van der Waals surface area contributed by atoms with Gasteiger partial charge in [-0.2, -0.15) is 13.2 Å². The van der Waals surface area contributed by atoms with Crippen LogP contribution in [0.5, 0.6) is 0 Å². The number of alkyl halides is 3. The average Bonchev–Trinajstić information content (AvgIpc) is 2.53. The molecule has 2 rings (SSSR count). The summed E-state index contributed by atoms with van der Waals surface area (Å²) < 4.78 is 37.9. The Morgan fingerprint density at radius 1 is 1.17 bits per heavy atom. The number of likely N-dealkylation sites (N-methyl/N-ethyl adjacent to an activating group) is 1. The Kier molecular flexibility index (Phi) is 5.25. The summed E-state index contributed by atoms with van der Waals surface area (Å²) in [5, 5.41) is 2.23. The van der Waals surface area contributed by atoms with Crippen LogP contribution in [0.1, 0.15) is 12.5 Å². The molecule has 0 saturated carbocycles. The highest BCUT2D eigenvalue weighted by atomic mass is 19.4. The molecule has 0 atom stereocenters. The SMILES string of the molecule is CCN1CCN(C(=O)C(=O)Nc2cccc(C(F)(F)F)c2)CC1. The zero-order valence-corrected chi connectivity index (χ0v) is 12.7. The molecule has 1 aromatic carbocycles. The van der Waals surface area contributed by atoms with E-state index in [1.807, 2.05) is 6.92 Å². The molecule has 126 valence electrons. The molecule has 0 aliphatic carbocycles. The number of amides is 2. The van der Waals surface area contributed by atoms with Crippen molar-refractivity contribution in [1.82, 2.24) is 9.80 Å². The first kappa shape index (κ1) is 17.3. The average molecular weight is 329 g/mol. The number of piperazine rings is 1. The second kappa shape index (κ2) is 6.99. The summed E-state index contributed by atoms with van der Waals surface area (Å²) in [6.07, 6.45) is -4.50. The zero-order valence-electron chi connectivity index (χ0n) is 12.7. The van der Waals surface area contributed by atoms with Gasteiger partial charge in [0.05, 0.1) is 5.56 Å². The molecule has 0 radical (unpaired) electrons. The maximum Gasteiger partial charge on any atom is 0.416 e. The highest BCUT2D eigenvalue weighted by Crippen LogP contribution is 2.30. The molecular formula is C15H18F3N3O2. The monoisotopic (exact) mass is 329 g/mol. The molecule has 1 aliphatic rings. The van der Waals surface area contributed by atoms with Gasteiger partial charge in [0.2, 0.25) is 0 Å². The first-order valence-corrected chi connectivity index (χ1v) is 7.31. The van der Waals surface area contributed by atoms with Crippen LogP contribution in [0.2, 0.25) is 0 Å². The molecule has 0 spiro atoms. The number of carbonyl (C=O) groups excluding carboxylic acids is 2. The van der Waals surface area contributed by atoms with Gasteiger partial charge in [-0.3, -0.25) is 9.59 Å². The third kappa shape index (κ3) is 4.44. The van der Waals surface area contributed by atoms with E-state index in [2.05, 4.69) is 10.2 Å². The number of benzene rings is 1. The van der Waals surface area contributed by atoms with Gasteiger partial charge in [0.15, 0.2) is 0 Å². The lowest BCUT2D eigenvalue weighted by atomic mass is 10.2. The number of nitrogens with one attached hydrogen (secondary N) is 1. The van der Waals surface area contributed by atoms with Gasteiger partial charge in [-0.05, 0) is 24.7 Å². The molecule has 0 aromatic heterocycles. The van der Waals surface area contributed by atoms with Gasteiger partial charge in [0.1, 0.15) is 0 Å². The predicted octanol–water partition coefficient (Wildman–Crippen LogP) is 1.81. The number of rotatable bonds is 2. The minimum Gasteiger partial charge on any atom is -0.332 e. The molecule has 1 fully saturated rings. The number of halogens is 3. The Morgan fingerprint density at radius 3 is 2.39 bits per heavy atom. The molecule has 2 amide bonds. The second-order valence-electron chi connectivity index (χ2n) is 5.26. The Morgan fingerprint density at radius 2 is 1.83 bits per heavy atom. The van der Waals surface area contributed by atoms with Crippen LogP contribution in [0.3, 0.4) is 0 Å². The van der Waals surface area contributed by atoms with E-state index in [-0.39, 0.29) is 5.69 Å². The van der Waals surface area contributed by atoms with Gasteiger partial charge in [-0.25, -0.2) is 0 Å². The van der Waals surface area contributed by atoms with Gasteiger partial charge in [0.25, 0.3) is 0 Å². The van der Waals surface area contributed by atoms with Gasteiger partial charge in [-0.1, -0.05) is 13.0 Å². The maximum absolute atomic E-state index is 12.6. The first-order chi connectivity index (χ1) is 10.8. The summed E-state index contributed by atoms with van der Waals surface area (Å²) in [6, 6.07) is 4.21. The summed E-state index contributed by atoms with van der Waals surface area (Å²) in [6.45, 7) is 5.11. The molecule has 0 unspecified atom stereocenters. The van der Waals surface area contributed by atoms with Crippen molar-refractivity contribution in [1.29, 1.82) is 0 Å². The lowest BCUT2D eigenvalue weighted by Crippen LogP contribution is -2.51. The molecule has 1 saturated heterocycles. The topological polar surface area (TPSA) is 52.7 Å². The van der Waals surface area contributed by atoms with Gasteiger partial charge < -0.3 is 15.1 Å². The van der Waals surface area contributed by atoms with Crippen molar-refractivity contribution in [2.24, 2.45) is 0 Å². The van der Waals surface area contributed by atoms with Gasteiger partial charge in [-0.15, -0.1) is 0 Å². The summed E-state index contributed by atoms with van der Waals surface area (Å²) in [4.78, 5) is 27.5.